The minimum absolute atomic E-state index is 0.882. The van der Waals surface area contributed by atoms with Crippen molar-refractivity contribution in [2.45, 2.75) is 20.4 Å². The third kappa shape index (κ3) is 2.96. The number of nitrogens with one attached hydrogen (secondary N) is 1. The van der Waals surface area contributed by atoms with E-state index < -0.39 is 0 Å². The highest BCUT2D eigenvalue weighted by Gasteiger charge is 2.10. The van der Waals surface area contributed by atoms with Gasteiger partial charge in [0, 0.05) is 25.0 Å². The minimum atomic E-state index is 0.882. The van der Waals surface area contributed by atoms with E-state index in [4.69, 9.17) is 0 Å². The number of benzene rings is 2. The van der Waals surface area contributed by atoms with Crippen molar-refractivity contribution in [3.63, 3.8) is 0 Å². The molecule has 0 spiro atoms. The van der Waals surface area contributed by atoms with E-state index >= 15 is 0 Å². The molecule has 19 heavy (non-hydrogen) atoms. The van der Waals surface area contributed by atoms with E-state index in [0.29, 0.717) is 0 Å². The molecule has 0 saturated heterocycles. The van der Waals surface area contributed by atoms with E-state index in [9.17, 15) is 0 Å². The summed E-state index contributed by atoms with van der Waals surface area (Å²) in [5, 5.41) is 3.25. The second kappa shape index (κ2) is 5.89. The van der Waals surface area contributed by atoms with Gasteiger partial charge in [0.2, 0.25) is 0 Å². The van der Waals surface area contributed by atoms with Gasteiger partial charge >= 0.3 is 0 Å². The standard InChI is InChI=1S/C17H22N2/c1-13-9-10-17(15(11-13)12-18-3)19(4)16-8-6-5-7-14(16)2/h5-11,18H,12H2,1-4H3. The van der Waals surface area contributed by atoms with Crippen LogP contribution in [0, 0.1) is 13.8 Å². The van der Waals surface area contributed by atoms with Crippen LogP contribution < -0.4 is 10.2 Å². The number of nitrogens with zero attached hydrogens (tertiary/aromatic N) is 1. The lowest BCUT2D eigenvalue weighted by atomic mass is 10.1. The van der Waals surface area contributed by atoms with Gasteiger partial charge in [-0.15, -0.1) is 0 Å². The lowest BCUT2D eigenvalue weighted by Gasteiger charge is -2.24. The van der Waals surface area contributed by atoms with Crippen LogP contribution in [0.25, 0.3) is 0 Å². The molecule has 2 aromatic rings. The first-order valence-electron chi connectivity index (χ1n) is 6.67. The highest BCUT2D eigenvalue weighted by molar-refractivity contribution is 5.68. The third-order valence-corrected chi connectivity index (χ3v) is 3.44. The van der Waals surface area contributed by atoms with Crippen molar-refractivity contribution < 1.29 is 0 Å². The fraction of sp³-hybridized carbons (Fsp3) is 0.294. The summed E-state index contributed by atoms with van der Waals surface area (Å²) in [6.45, 7) is 5.17. The number of anilines is 2. The smallest absolute Gasteiger partial charge is 0.0453 e. The molecule has 0 bridgehead atoms. The normalized spacial score (nSPS) is 10.5. The first kappa shape index (κ1) is 13.6. The molecule has 0 radical (unpaired) electrons. The van der Waals surface area contributed by atoms with Crippen molar-refractivity contribution in [1.29, 1.82) is 0 Å². The fourth-order valence-corrected chi connectivity index (χ4v) is 2.44. The Bertz CT molecular complexity index is 561. The lowest BCUT2D eigenvalue weighted by molar-refractivity contribution is 0.815. The number of aryl methyl sites for hydroxylation is 2. The molecular weight excluding hydrogens is 232 g/mol. The van der Waals surface area contributed by atoms with E-state index in [2.05, 4.69) is 73.6 Å². The zero-order valence-electron chi connectivity index (χ0n) is 12.2. The quantitative estimate of drug-likeness (QED) is 0.893. The molecule has 1 N–H and O–H groups in total. The van der Waals surface area contributed by atoms with Crippen LogP contribution in [-0.4, -0.2) is 14.1 Å². The van der Waals surface area contributed by atoms with Gasteiger partial charge in [-0.2, -0.15) is 0 Å². The van der Waals surface area contributed by atoms with Gasteiger partial charge in [-0.25, -0.2) is 0 Å². The molecule has 0 aliphatic heterocycles. The number of para-hydroxylation sites is 1. The Morgan fingerprint density at radius 3 is 2.42 bits per heavy atom. The molecule has 0 aliphatic carbocycles. The van der Waals surface area contributed by atoms with Gasteiger partial charge in [0.1, 0.15) is 0 Å². The highest BCUT2D eigenvalue weighted by atomic mass is 15.1. The Kier molecular flexibility index (Phi) is 4.23. The van der Waals surface area contributed by atoms with E-state index in [1.54, 1.807) is 0 Å². The van der Waals surface area contributed by atoms with E-state index in [0.717, 1.165) is 6.54 Å². The monoisotopic (exact) mass is 254 g/mol. The van der Waals surface area contributed by atoms with Crippen molar-refractivity contribution in [3.05, 3.63) is 59.2 Å². The van der Waals surface area contributed by atoms with Gasteiger partial charge in [0.05, 0.1) is 0 Å². The van der Waals surface area contributed by atoms with Crippen molar-refractivity contribution in [2.24, 2.45) is 0 Å². The molecule has 0 aromatic heterocycles. The Labute approximate surface area is 116 Å². The SMILES string of the molecule is CNCc1cc(C)ccc1N(C)c1ccccc1C. The Balaban J connectivity index is 2.43. The lowest BCUT2D eigenvalue weighted by Crippen LogP contribution is -2.15. The van der Waals surface area contributed by atoms with Crippen LogP contribution in [0.2, 0.25) is 0 Å². The summed E-state index contributed by atoms with van der Waals surface area (Å²) < 4.78 is 0. The van der Waals surface area contributed by atoms with Crippen molar-refractivity contribution >= 4 is 11.4 Å². The van der Waals surface area contributed by atoms with Gasteiger partial charge in [0.15, 0.2) is 0 Å². The fourth-order valence-electron chi connectivity index (χ4n) is 2.44. The highest BCUT2D eigenvalue weighted by Crippen LogP contribution is 2.29. The summed E-state index contributed by atoms with van der Waals surface area (Å²) in [4.78, 5) is 2.27. The second-order valence-corrected chi connectivity index (χ2v) is 5.01. The molecular formula is C17H22N2. The van der Waals surface area contributed by atoms with Crippen LogP contribution >= 0.6 is 0 Å². The molecule has 0 heterocycles. The average molecular weight is 254 g/mol. The van der Waals surface area contributed by atoms with Crippen LogP contribution in [0.3, 0.4) is 0 Å². The summed E-state index contributed by atoms with van der Waals surface area (Å²) in [6, 6.07) is 15.1. The summed E-state index contributed by atoms with van der Waals surface area (Å²) in [5.41, 5.74) is 6.43. The van der Waals surface area contributed by atoms with Gasteiger partial charge in [-0.1, -0.05) is 35.9 Å². The number of hydrogen-bond acceptors (Lipinski definition) is 2. The van der Waals surface area contributed by atoms with Gasteiger partial charge in [-0.3, -0.25) is 0 Å². The van der Waals surface area contributed by atoms with Gasteiger partial charge in [0.25, 0.3) is 0 Å². The van der Waals surface area contributed by atoms with Crippen LogP contribution in [0.4, 0.5) is 11.4 Å². The summed E-state index contributed by atoms with van der Waals surface area (Å²) >= 11 is 0. The molecule has 2 rings (SSSR count). The third-order valence-electron chi connectivity index (χ3n) is 3.44. The Morgan fingerprint density at radius 2 is 1.74 bits per heavy atom. The Hall–Kier alpha value is -1.80. The molecule has 100 valence electrons. The number of hydrogen-bond donors (Lipinski definition) is 1. The molecule has 0 saturated carbocycles. The maximum absolute atomic E-state index is 3.25. The summed E-state index contributed by atoms with van der Waals surface area (Å²) in [6.07, 6.45) is 0. The molecule has 0 unspecified atom stereocenters. The molecule has 0 aliphatic rings. The topological polar surface area (TPSA) is 15.3 Å². The van der Waals surface area contributed by atoms with E-state index in [1.807, 2.05) is 7.05 Å². The minimum Gasteiger partial charge on any atom is -0.344 e. The van der Waals surface area contributed by atoms with Crippen LogP contribution in [0.15, 0.2) is 42.5 Å². The molecule has 2 nitrogen and oxygen atoms in total. The first-order chi connectivity index (χ1) is 9.13. The van der Waals surface area contributed by atoms with Crippen molar-refractivity contribution in [1.82, 2.24) is 5.32 Å². The average Bonchev–Trinajstić information content (AvgIpc) is 2.39. The maximum Gasteiger partial charge on any atom is 0.0453 e. The van der Waals surface area contributed by atoms with E-state index in [1.165, 1.54) is 28.1 Å². The summed E-state index contributed by atoms with van der Waals surface area (Å²) in [5.74, 6) is 0. The van der Waals surface area contributed by atoms with Crippen molar-refractivity contribution in [3.8, 4) is 0 Å². The van der Waals surface area contributed by atoms with Gasteiger partial charge in [-0.05, 0) is 44.2 Å². The van der Waals surface area contributed by atoms with Crippen LogP contribution in [-0.2, 0) is 6.54 Å². The number of rotatable bonds is 4. The summed E-state index contributed by atoms with van der Waals surface area (Å²) in [7, 11) is 4.12. The Morgan fingerprint density at radius 1 is 1.00 bits per heavy atom. The zero-order chi connectivity index (χ0) is 13.8. The first-order valence-corrected chi connectivity index (χ1v) is 6.67. The van der Waals surface area contributed by atoms with Crippen molar-refractivity contribution in [2.75, 3.05) is 19.0 Å². The molecule has 2 aromatic carbocycles. The molecule has 0 fully saturated rings. The predicted molar refractivity (Wildman–Crippen MR) is 83.2 cm³/mol. The maximum atomic E-state index is 3.25. The van der Waals surface area contributed by atoms with E-state index in [-0.39, 0.29) is 0 Å². The van der Waals surface area contributed by atoms with Gasteiger partial charge < -0.3 is 10.2 Å². The zero-order valence-corrected chi connectivity index (χ0v) is 12.2. The molecule has 0 amide bonds. The largest absolute Gasteiger partial charge is 0.344 e. The van der Waals surface area contributed by atoms with Crippen LogP contribution in [0.5, 0.6) is 0 Å². The molecule has 0 atom stereocenters. The second-order valence-electron chi connectivity index (χ2n) is 5.01. The van der Waals surface area contributed by atoms with Crippen LogP contribution in [0.1, 0.15) is 16.7 Å². The predicted octanol–water partition coefficient (Wildman–Crippen LogP) is 3.79. The molecule has 2 heteroatoms.